The molecule has 1 N–H and O–H groups in total. The molecule has 0 spiro atoms. The molecule has 3 rings (SSSR count). The van der Waals surface area contributed by atoms with Gasteiger partial charge < -0.3 is 9.88 Å². The molecule has 3 aromatic heterocycles. The Hall–Kier alpha value is -2.47. The zero-order chi connectivity index (χ0) is 17.1. The zero-order valence-electron chi connectivity index (χ0n) is 14.0. The summed E-state index contributed by atoms with van der Waals surface area (Å²) in [6.07, 6.45) is 1.73. The Labute approximate surface area is 145 Å². The van der Waals surface area contributed by atoms with E-state index in [1.54, 1.807) is 17.5 Å². The third-order valence-electron chi connectivity index (χ3n) is 3.96. The monoisotopic (exact) mass is 340 g/mol. The summed E-state index contributed by atoms with van der Waals surface area (Å²) in [5.41, 5.74) is 5.04. The van der Waals surface area contributed by atoms with Crippen LogP contribution in [-0.2, 0) is 17.9 Å². The highest BCUT2D eigenvalue weighted by Crippen LogP contribution is 2.27. The standard InChI is InChI=1S/C18H20N4OS/c1-12-8-16(17-11-24-14(3)21-17)13(2)22(12)10-18(23)20-9-15-6-4-5-7-19-15/h4-8,11H,9-10H2,1-3H3,(H,20,23). The molecule has 0 saturated heterocycles. The maximum Gasteiger partial charge on any atom is 0.240 e. The predicted molar refractivity (Wildman–Crippen MR) is 95.8 cm³/mol. The van der Waals surface area contributed by atoms with Gasteiger partial charge in [-0.1, -0.05) is 6.07 Å². The SMILES string of the molecule is Cc1nc(-c2cc(C)n(CC(=O)NCc3ccccn3)c2C)cs1. The number of carbonyl (C=O) groups excluding carboxylic acids is 1. The molecule has 0 saturated carbocycles. The van der Waals surface area contributed by atoms with Crippen molar-refractivity contribution in [2.45, 2.75) is 33.9 Å². The predicted octanol–water partition coefficient (Wildman–Crippen LogP) is 3.25. The molecule has 3 aromatic rings. The first-order valence-corrected chi connectivity index (χ1v) is 8.68. The molecule has 124 valence electrons. The van der Waals surface area contributed by atoms with Crippen LogP contribution in [0.4, 0.5) is 0 Å². The lowest BCUT2D eigenvalue weighted by Gasteiger charge is -2.10. The minimum atomic E-state index is -0.0246. The molecule has 0 bridgehead atoms. The molecule has 0 fully saturated rings. The minimum Gasteiger partial charge on any atom is -0.349 e. The van der Waals surface area contributed by atoms with Crippen molar-refractivity contribution in [1.82, 2.24) is 19.9 Å². The lowest BCUT2D eigenvalue weighted by Crippen LogP contribution is -2.28. The Morgan fingerprint density at radius 2 is 2.12 bits per heavy atom. The number of nitrogens with zero attached hydrogens (tertiary/aromatic N) is 3. The van der Waals surface area contributed by atoms with Gasteiger partial charge in [-0.05, 0) is 39.0 Å². The summed E-state index contributed by atoms with van der Waals surface area (Å²) >= 11 is 1.64. The highest BCUT2D eigenvalue weighted by molar-refractivity contribution is 7.09. The molecule has 5 nitrogen and oxygen atoms in total. The zero-order valence-corrected chi connectivity index (χ0v) is 14.9. The summed E-state index contributed by atoms with van der Waals surface area (Å²) in [7, 11) is 0. The molecule has 0 aromatic carbocycles. The third-order valence-corrected chi connectivity index (χ3v) is 4.74. The number of hydrogen-bond acceptors (Lipinski definition) is 4. The number of thiazole rings is 1. The van der Waals surface area contributed by atoms with E-state index in [0.29, 0.717) is 13.1 Å². The molecule has 3 heterocycles. The van der Waals surface area contributed by atoms with Gasteiger partial charge in [-0.3, -0.25) is 9.78 Å². The van der Waals surface area contributed by atoms with Gasteiger partial charge in [0.05, 0.1) is 22.9 Å². The van der Waals surface area contributed by atoms with Gasteiger partial charge in [0.1, 0.15) is 6.54 Å². The van der Waals surface area contributed by atoms with Gasteiger partial charge >= 0.3 is 0 Å². The quantitative estimate of drug-likeness (QED) is 0.775. The summed E-state index contributed by atoms with van der Waals surface area (Å²) in [6, 6.07) is 7.77. The van der Waals surface area contributed by atoms with E-state index in [1.165, 1.54) is 0 Å². The smallest absolute Gasteiger partial charge is 0.240 e. The van der Waals surface area contributed by atoms with E-state index in [9.17, 15) is 4.79 Å². The van der Waals surface area contributed by atoms with Crippen LogP contribution in [0.25, 0.3) is 11.3 Å². The largest absolute Gasteiger partial charge is 0.349 e. The summed E-state index contributed by atoms with van der Waals surface area (Å²) in [4.78, 5) is 21.0. The molecule has 6 heteroatoms. The second-order valence-electron chi connectivity index (χ2n) is 5.72. The number of nitrogens with one attached hydrogen (secondary N) is 1. The van der Waals surface area contributed by atoms with Gasteiger partial charge in [-0.25, -0.2) is 4.98 Å². The van der Waals surface area contributed by atoms with Crippen molar-refractivity contribution in [3.05, 3.63) is 57.9 Å². The van der Waals surface area contributed by atoms with Crippen molar-refractivity contribution in [2.24, 2.45) is 0 Å². The number of pyridine rings is 1. The number of amides is 1. The van der Waals surface area contributed by atoms with E-state index in [4.69, 9.17) is 0 Å². The Morgan fingerprint density at radius 1 is 1.29 bits per heavy atom. The van der Waals surface area contributed by atoms with Gasteiger partial charge in [0, 0.05) is 28.5 Å². The van der Waals surface area contributed by atoms with Gasteiger partial charge in [-0.2, -0.15) is 0 Å². The Bertz CT molecular complexity index is 851. The maximum absolute atomic E-state index is 12.3. The molecule has 0 aliphatic rings. The van der Waals surface area contributed by atoms with Gasteiger partial charge in [0.2, 0.25) is 5.91 Å². The van der Waals surface area contributed by atoms with E-state index < -0.39 is 0 Å². The normalized spacial score (nSPS) is 10.8. The Balaban J connectivity index is 1.71. The first-order chi connectivity index (χ1) is 11.5. The lowest BCUT2D eigenvalue weighted by atomic mass is 10.2. The summed E-state index contributed by atoms with van der Waals surface area (Å²) < 4.78 is 2.03. The Kier molecular flexibility index (Phi) is 4.76. The number of aromatic nitrogens is 3. The molecule has 0 aliphatic heterocycles. The second-order valence-corrected chi connectivity index (χ2v) is 6.78. The van der Waals surface area contributed by atoms with Crippen LogP contribution in [0, 0.1) is 20.8 Å². The lowest BCUT2D eigenvalue weighted by molar-refractivity contribution is -0.121. The van der Waals surface area contributed by atoms with Gasteiger partial charge in [-0.15, -0.1) is 11.3 Å². The third kappa shape index (κ3) is 3.54. The summed E-state index contributed by atoms with van der Waals surface area (Å²) in [5.74, 6) is -0.0246. The van der Waals surface area contributed by atoms with Crippen LogP contribution in [-0.4, -0.2) is 20.4 Å². The van der Waals surface area contributed by atoms with Crippen LogP contribution in [0.1, 0.15) is 22.1 Å². The molecule has 24 heavy (non-hydrogen) atoms. The van der Waals surface area contributed by atoms with E-state index in [0.717, 1.165) is 33.3 Å². The fourth-order valence-corrected chi connectivity index (χ4v) is 3.30. The minimum absolute atomic E-state index is 0.0246. The van der Waals surface area contributed by atoms with Crippen LogP contribution in [0.3, 0.4) is 0 Å². The summed E-state index contributed by atoms with van der Waals surface area (Å²) in [6.45, 7) is 6.79. The van der Waals surface area contributed by atoms with E-state index >= 15 is 0 Å². The van der Waals surface area contributed by atoms with Crippen LogP contribution >= 0.6 is 11.3 Å². The van der Waals surface area contributed by atoms with Crippen molar-refractivity contribution < 1.29 is 4.79 Å². The van der Waals surface area contributed by atoms with Crippen LogP contribution in [0.2, 0.25) is 0 Å². The number of aryl methyl sites for hydroxylation is 2. The number of carbonyl (C=O) groups is 1. The summed E-state index contributed by atoms with van der Waals surface area (Å²) in [5, 5.41) is 6.02. The van der Waals surface area contributed by atoms with E-state index in [-0.39, 0.29) is 5.91 Å². The highest BCUT2D eigenvalue weighted by Gasteiger charge is 2.15. The molecule has 0 unspecified atom stereocenters. The molecule has 0 atom stereocenters. The van der Waals surface area contributed by atoms with Crippen LogP contribution < -0.4 is 5.32 Å². The van der Waals surface area contributed by atoms with Crippen LogP contribution in [0.15, 0.2) is 35.8 Å². The van der Waals surface area contributed by atoms with E-state index in [1.807, 2.05) is 43.5 Å². The van der Waals surface area contributed by atoms with Crippen molar-refractivity contribution >= 4 is 17.2 Å². The average molecular weight is 340 g/mol. The molecular formula is C18H20N4OS. The topological polar surface area (TPSA) is 59.8 Å². The van der Waals surface area contributed by atoms with Crippen molar-refractivity contribution in [3.8, 4) is 11.3 Å². The molecular weight excluding hydrogens is 320 g/mol. The average Bonchev–Trinajstić information content (AvgIpc) is 3.12. The maximum atomic E-state index is 12.3. The number of hydrogen-bond donors (Lipinski definition) is 1. The van der Waals surface area contributed by atoms with Crippen molar-refractivity contribution in [2.75, 3.05) is 0 Å². The molecule has 0 radical (unpaired) electrons. The molecule has 0 aliphatic carbocycles. The highest BCUT2D eigenvalue weighted by atomic mass is 32.1. The van der Waals surface area contributed by atoms with Crippen molar-refractivity contribution in [1.29, 1.82) is 0 Å². The fourth-order valence-electron chi connectivity index (χ4n) is 2.68. The van der Waals surface area contributed by atoms with E-state index in [2.05, 4.69) is 26.7 Å². The van der Waals surface area contributed by atoms with Crippen LogP contribution in [0.5, 0.6) is 0 Å². The number of rotatable bonds is 5. The molecule has 1 amide bonds. The fraction of sp³-hybridized carbons (Fsp3) is 0.278. The van der Waals surface area contributed by atoms with Crippen molar-refractivity contribution in [3.63, 3.8) is 0 Å². The second kappa shape index (κ2) is 6.97. The Morgan fingerprint density at radius 3 is 2.79 bits per heavy atom. The van der Waals surface area contributed by atoms with Gasteiger partial charge in [0.15, 0.2) is 0 Å². The first-order valence-electron chi connectivity index (χ1n) is 7.80. The first kappa shape index (κ1) is 16.4. The van der Waals surface area contributed by atoms with Gasteiger partial charge in [0.25, 0.3) is 0 Å².